The maximum atomic E-state index is 11.0. The summed E-state index contributed by atoms with van der Waals surface area (Å²) in [5.41, 5.74) is 1.61. The van der Waals surface area contributed by atoms with Gasteiger partial charge in [0.05, 0.1) is 6.10 Å². The monoisotopic (exact) mass is 300 g/mol. The zero-order valence-electron chi connectivity index (χ0n) is 13.2. The predicted octanol–water partition coefficient (Wildman–Crippen LogP) is 3.27. The fraction of sp³-hybridized carbons (Fsp3) is 0.312. The minimum Gasteiger partial charge on any atom is -0.475 e. The molecule has 0 radical (unpaired) electrons. The van der Waals surface area contributed by atoms with Crippen molar-refractivity contribution in [2.45, 2.75) is 33.8 Å². The van der Waals surface area contributed by atoms with E-state index in [9.17, 15) is 4.79 Å². The number of carbonyl (C=O) groups excluding carboxylic acids is 1. The van der Waals surface area contributed by atoms with Crippen molar-refractivity contribution in [3.05, 3.63) is 36.2 Å². The average Bonchev–Trinajstić information content (AvgIpc) is 2.39. The second kappa shape index (κ2) is 6.89. The summed E-state index contributed by atoms with van der Waals surface area (Å²) < 4.78 is 5.60. The number of benzene rings is 1. The number of carbonyl (C=O) groups is 1. The third-order valence-corrected chi connectivity index (χ3v) is 2.65. The molecule has 6 nitrogen and oxygen atoms in total. The minimum absolute atomic E-state index is 0.0547. The summed E-state index contributed by atoms with van der Waals surface area (Å²) in [7, 11) is 0. The van der Waals surface area contributed by atoms with Gasteiger partial charge in [0.15, 0.2) is 0 Å². The van der Waals surface area contributed by atoms with Crippen molar-refractivity contribution < 1.29 is 9.53 Å². The quantitative estimate of drug-likeness (QED) is 0.886. The Morgan fingerprint density at radius 2 is 1.77 bits per heavy atom. The number of nitrogens with zero attached hydrogens (tertiary/aromatic N) is 2. The lowest BCUT2D eigenvalue weighted by atomic mass is 10.2. The van der Waals surface area contributed by atoms with Crippen LogP contribution in [0.5, 0.6) is 5.88 Å². The number of rotatable bonds is 5. The van der Waals surface area contributed by atoms with E-state index < -0.39 is 0 Å². The van der Waals surface area contributed by atoms with E-state index in [0.29, 0.717) is 17.5 Å². The van der Waals surface area contributed by atoms with Gasteiger partial charge in [-0.05, 0) is 45.0 Å². The number of hydrogen-bond acceptors (Lipinski definition) is 5. The lowest BCUT2D eigenvalue weighted by Gasteiger charge is -2.12. The molecule has 0 spiro atoms. The van der Waals surface area contributed by atoms with Crippen LogP contribution >= 0.6 is 0 Å². The zero-order chi connectivity index (χ0) is 16.1. The van der Waals surface area contributed by atoms with Gasteiger partial charge in [0.1, 0.15) is 11.6 Å². The van der Waals surface area contributed by atoms with E-state index in [0.717, 1.165) is 11.4 Å². The van der Waals surface area contributed by atoms with Gasteiger partial charge >= 0.3 is 0 Å². The van der Waals surface area contributed by atoms with Crippen LogP contribution in [-0.2, 0) is 4.79 Å². The van der Waals surface area contributed by atoms with Crippen LogP contribution in [0.25, 0.3) is 0 Å². The molecule has 2 N–H and O–H groups in total. The maximum Gasteiger partial charge on any atom is 0.221 e. The minimum atomic E-state index is -0.0948. The molecule has 0 unspecified atom stereocenters. The Labute approximate surface area is 129 Å². The third-order valence-electron chi connectivity index (χ3n) is 2.65. The Morgan fingerprint density at radius 3 is 2.36 bits per heavy atom. The highest BCUT2D eigenvalue weighted by Gasteiger charge is 2.05. The van der Waals surface area contributed by atoms with E-state index in [1.165, 1.54) is 6.92 Å². The first-order chi connectivity index (χ1) is 10.4. The highest BCUT2D eigenvalue weighted by atomic mass is 16.5. The molecule has 0 saturated carbocycles. The highest BCUT2D eigenvalue weighted by molar-refractivity contribution is 5.88. The van der Waals surface area contributed by atoms with Crippen molar-refractivity contribution in [1.82, 2.24) is 9.97 Å². The molecule has 2 rings (SSSR count). The van der Waals surface area contributed by atoms with Crippen LogP contribution in [0.3, 0.4) is 0 Å². The summed E-state index contributed by atoms with van der Waals surface area (Å²) >= 11 is 0. The molecule has 0 atom stereocenters. The number of aromatic nitrogens is 2. The Hall–Kier alpha value is -2.63. The second-order valence-corrected chi connectivity index (χ2v) is 5.19. The predicted molar refractivity (Wildman–Crippen MR) is 86.6 cm³/mol. The topological polar surface area (TPSA) is 76.1 Å². The van der Waals surface area contributed by atoms with Gasteiger partial charge in [0.2, 0.25) is 11.8 Å². The average molecular weight is 300 g/mol. The molecule has 1 aromatic carbocycles. The fourth-order valence-electron chi connectivity index (χ4n) is 1.89. The molecule has 0 aliphatic carbocycles. The van der Waals surface area contributed by atoms with Crippen molar-refractivity contribution in [3.63, 3.8) is 0 Å². The van der Waals surface area contributed by atoms with Gasteiger partial charge < -0.3 is 15.4 Å². The van der Waals surface area contributed by atoms with Gasteiger partial charge in [0.25, 0.3) is 0 Å². The fourth-order valence-corrected chi connectivity index (χ4v) is 1.89. The van der Waals surface area contributed by atoms with E-state index in [4.69, 9.17) is 4.74 Å². The highest BCUT2D eigenvalue weighted by Crippen LogP contribution is 2.20. The van der Waals surface area contributed by atoms with Gasteiger partial charge in [-0.25, -0.2) is 4.98 Å². The van der Waals surface area contributed by atoms with Gasteiger partial charge in [-0.2, -0.15) is 4.98 Å². The smallest absolute Gasteiger partial charge is 0.221 e. The molecule has 0 aliphatic rings. The second-order valence-electron chi connectivity index (χ2n) is 5.19. The zero-order valence-corrected chi connectivity index (χ0v) is 13.2. The Bertz CT molecular complexity index is 654. The van der Waals surface area contributed by atoms with E-state index in [-0.39, 0.29) is 12.0 Å². The van der Waals surface area contributed by atoms with Crippen LogP contribution in [-0.4, -0.2) is 22.0 Å². The molecule has 1 aromatic heterocycles. The van der Waals surface area contributed by atoms with E-state index in [1.54, 1.807) is 6.07 Å². The Balaban J connectivity index is 2.12. The molecule has 0 saturated heterocycles. The van der Waals surface area contributed by atoms with Gasteiger partial charge in [-0.1, -0.05) is 0 Å². The lowest BCUT2D eigenvalue weighted by molar-refractivity contribution is -0.114. The van der Waals surface area contributed by atoms with Crippen molar-refractivity contribution in [2.75, 3.05) is 10.6 Å². The van der Waals surface area contributed by atoms with E-state index in [1.807, 2.05) is 45.0 Å². The Morgan fingerprint density at radius 1 is 1.14 bits per heavy atom. The first-order valence-corrected chi connectivity index (χ1v) is 7.09. The molecule has 22 heavy (non-hydrogen) atoms. The van der Waals surface area contributed by atoms with Crippen molar-refractivity contribution >= 4 is 23.1 Å². The van der Waals surface area contributed by atoms with Crippen LogP contribution in [0.2, 0.25) is 0 Å². The number of nitrogens with one attached hydrogen (secondary N) is 2. The third kappa shape index (κ3) is 4.73. The molecule has 0 fully saturated rings. The number of ether oxygens (including phenoxy) is 1. The lowest BCUT2D eigenvalue weighted by Crippen LogP contribution is -2.08. The first-order valence-electron chi connectivity index (χ1n) is 7.09. The van der Waals surface area contributed by atoms with Crippen LogP contribution in [0.1, 0.15) is 26.6 Å². The number of anilines is 3. The van der Waals surface area contributed by atoms with Crippen LogP contribution in [0, 0.1) is 6.92 Å². The summed E-state index contributed by atoms with van der Waals surface area (Å²) in [4.78, 5) is 19.6. The normalized spacial score (nSPS) is 10.4. The summed E-state index contributed by atoms with van der Waals surface area (Å²) in [5.74, 6) is 1.74. The van der Waals surface area contributed by atoms with Gasteiger partial charge in [-0.3, -0.25) is 4.79 Å². The standard InChI is InChI=1S/C16H20N4O2/c1-10(2)22-16-9-15(17-11(3)18-16)20-14-7-5-13(6-8-14)19-12(4)21/h5-10H,1-4H3,(H,19,21)(H,17,18,20). The molecule has 1 amide bonds. The van der Waals surface area contributed by atoms with Gasteiger partial charge in [0, 0.05) is 24.4 Å². The van der Waals surface area contributed by atoms with E-state index in [2.05, 4.69) is 20.6 Å². The SMILES string of the molecule is CC(=O)Nc1ccc(Nc2cc(OC(C)C)nc(C)n2)cc1. The summed E-state index contributed by atoms with van der Waals surface area (Å²) in [5, 5.41) is 5.92. The largest absolute Gasteiger partial charge is 0.475 e. The van der Waals surface area contributed by atoms with Crippen LogP contribution < -0.4 is 15.4 Å². The maximum absolute atomic E-state index is 11.0. The van der Waals surface area contributed by atoms with Crippen molar-refractivity contribution in [1.29, 1.82) is 0 Å². The molecule has 0 bridgehead atoms. The number of amides is 1. The van der Waals surface area contributed by atoms with Crippen LogP contribution in [0.4, 0.5) is 17.2 Å². The summed E-state index contributed by atoms with van der Waals surface area (Å²) in [6.07, 6.45) is 0.0547. The number of hydrogen-bond donors (Lipinski definition) is 2. The molecule has 1 heterocycles. The first kappa shape index (κ1) is 15.8. The molecular weight excluding hydrogens is 280 g/mol. The van der Waals surface area contributed by atoms with Crippen molar-refractivity contribution in [3.8, 4) is 5.88 Å². The van der Waals surface area contributed by atoms with Crippen molar-refractivity contribution in [2.24, 2.45) is 0 Å². The summed E-state index contributed by atoms with van der Waals surface area (Å²) in [6, 6.07) is 9.14. The van der Waals surface area contributed by atoms with E-state index >= 15 is 0 Å². The molecule has 116 valence electrons. The number of aryl methyl sites for hydroxylation is 1. The summed E-state index contributed by atoms with van der Waals surface area (Å²) in [6.45, 7) is 7.20. The molecule has 6 heteroatoms. The molecule has 0 aliphatic heterocycles. The van der Waals surface area contributed by atoms with Crippen LogP contribution in [0.15, 0.2) is 30.3 Å². The Kier molecular flexibility index (Phi) is 4.93. The van der Waals surface area contributed by atoms with Gasteiger partial charge in [-0.15, -0.1) is 0 Å². The molecule has 2 aromatic rings. The molecular formula is C16H20N4O2.